The molecule has 1 fully saturated rings. The largest absolute Gasteiger partial charge is 0.495 e. The fraction of sp³-hybridized carbons (Fsp3) is 0.316. The molecule has 1 aliphatic rings. The molecular weight excluding hydrogens is 405 g/mol. The van der Waals surface area contributed by atoms with Crippen molar-refractivity contribution in [3.63, 3.8) is 0 Å². The lowest BCUT2D eigenvalue weighted by Crippen LogP contribution is -2.50. The van der Waals surface area contributed by atoms with Crippen LogP contribution in [0.2, 0.25) is 0 Å². The van der Waals surface area contributed by atoms with E-state index in [-0.39, 0.29) is 37.9 Å². The molecule has 0 atom stereocenters. The number of urea groups is 1. The number of hydrogen-bond donors (Lipinski definition) is 1. The minimum Gasteiger partial charge on any atom is -0.495 e. The molecule has 0 aliphatic carbocycles. The van der Waals surface area contributed by atoms with Crippen molar-refractivity contribution in [2.45, 2.75) is 6.18 Å². The quantitative estimate of drug-likeness (QED) is 0.593. The third kappa shape index (κ3) is 4.56. The lowest BCUT2D eigenvalue weighted by molar-refractivity contribution is -0.384. The number of amides is 2. The van der Waals surface area contributed by atoms with E-state index in [0.29, 0.717) is 17.5 Å². The predicted molar refractivity (Wildman–Crippen MR) is 104 cm³/mol. The van der Waals surface area contributed by atoms with Crippen LogP contribution in [0.4, 0.5) is 35.0 Å². The smallest absolute Gasteiger partial charge is 0.416 e. The van der Waals surface area contributed by atoms with E-state index in [1.54, 1.807) is 29.2 Å². The Morgan fingerprint density at radius 2 is 1.80 bits per heavy atom. The minimum atomic E-state index is -4.67. The van der Waals surface area contributed by atoms with Crippen LogP contribution in [0.5, 0.6) is 5.75 Å². The van der Waals surface area contributed by atoms with Gasteiger partial charge in [0.25, 0.3) is 5.69 Å². The number of anilines is 2. The second kappa shape index (κ2) is 8.47. The highest BCUT2D eigenvalue weighted by molar-refractivity contribution is 5.91. The summed E-state index contributed by atoms with van der Waals surface area (Å²) < 4.78 is 43.8. The summed E-state index contributed by atoms with van der Waals surface area (Å²) in [6.07, 6.45) is -4.67. The van der Waals surface area contributed by atoms with Gasteiger partial charge in [-0.15, -0.1) is 0 Å². The van der Waals surface area contributed by atoms with Crippen LogP contribution in [0.3, 0.4) is 0 Å². The van der Waals surface area contributed by atoms with Gasteiger partial charge in [-0.1, -0.05) is 12.1 Å². The van der Waals surface area contributed by atoms with Gasteiger partial charge in [-0.3, -0.25) is 10.1 Å². The lowest BCUT2D eigenvalue weighted by Gasteiger charge is -2.35. The summed E-state index contributed by atoms with van der Waals surface area (Å²) in [6, 6.07) is 9.02. The number of rotatable bonds is 4. The van der Waals surface area contributed by atoms with Crippen molar-refractivity contribution in [3.05, 3.63) is 58.1 Å². The van der Waals surface area contributed by atoms with Crippen LogP contribution in [0, 0.1) is 10.1 Å². The Kier molecular flexibility index (Phi) is 5.99. The Hall–Kier alpha value is -3.50. The third-order valence-electron chi connectivity index (χ3n) is 4.76. The molecule has 160 valence electrons. The summed E-state index contributed by atoms with van der Waals surface area (Å²) in [6.45, 7) is 0.982. The Labute approximate surface area is 170 Å². The maximum absolute atomic E-state index is 12.9. The number of halogens is 3. The van der Waals surface area contributed by atoms with Gasteiger partial charge >= 0.3 is 12.2 Å². The average Bonchev–Trinajstić information content (AvgIpc) is 2.73. The number of alkyl halides is 3. The van der Waals surface area contributed by atoms with Gasteiger partial charge in [0, 0.05) is 32.2 Å². The first-order valence-corrected chi connectivity index (χ1v) is 9.00. The summed E-state index contributed by atoms with van der Waals surface area (Å²) in [5.41, 5.74) is -1.09. The van der Waals surface area contributed by atoms with E-state index in [9.17, 15) is 28.1 Å². The number of carbonyl (C=O) groups is 1. The molecule has 0 bridgehead atoms. The van der Waals surface area contributed by atoms with Gasteiger partial charge in [-0.2, -0.15) is 13.2 Å². The first-order valence-electron chi connectivity index (χ1n) is 9.00. The number of nitrogens with one attached hydrogen (secondary N) is 1. The van der Waals surface area contributed by atoms with E-state index < -0.39 is 22.4 Å². The van der Waals surface area contributed by atoms with Gasteiger partial charge in [0.2, 0.25) is 0 Å². The first kappa shape index (κ1) is 21.2. The van der Waals surface area contributed by atoms with Gasteiger partial charge in [-0.25, -0.2) is 4.79 Å². The topological polar surface area (TPSA) is 88.0 Å². The van der Waals surface area contributed by atoms with Gasteiger partial charge in [-0.05, 0) is 24.3 Å². The summed E-state index contributed by atoms with van der Waals surface area (Å²) in [5.74, 6) is 0.505. The average molecular weight is 424 g/mol. The number of piperazine rings is 1. The lowest BCUT2D eigenvalue weighted by atomic mass is 10.1. The zero-order valence-corrected chi connectivity index (χ0v) is 16.0. The predicted octanol–water partition coefficient (Wildman–Crippen LogP) is 3.98. The number of para-hydroxylation sites is 2. The van der Waals surface area contributed by atoms with E-state index in [1.807, 2.05) is 0 Å². The highest BCUT2D eigenvalue weighted by Gasteiger charge is 2.34. The van der Waals surface area contributed by atoms with Crippen LogP contribution in [0.25, 0.3) is 0 Å². The number of methoxy groups -OCH3 is 1. The van der Waals surface area contributed by atoms with E-state index in [4.69, 9.17) is 4.74 Å². The van der Waals surface area contributed by atoms with Gasteiger partial charge in [0.1, 0.15) is 11.4 Å². The standard InChI is InChI=1S/C19H19F3N4O4/c1-30-17-5-3-2-4-14(17)23-18(27)25-10-8-24(9-11-25)15-7-6-13(19(20,21)22)12-16(15)26(28)29/h2-7,12H,8-11H2,1H3,(H,23,27). The van der Waals surface area contributed by atoms with E-state index in [0.717, 1.165) is 12.1 Å². The highest BCUT2D eigenvalue weighted by atomic mass is 19.4. The molecule has 1 aliphatic heterocycles. The maximum atomic E-state index is 12.9. The molecule has 0 aromatic heterocycles. The normalized spacial score (nSPS) is 14.4. The summed E-state index contributed by atoms with van der Waals surface area (Å²) >= 11 is 0. The Morgan fingerprint density at radius 1 is 1.13 bits per heavy atom. The Balaban J connectivity index is 1.69. The van der Waals surface area contributed by atoms with Crippen molar-refractivity contribution < 1.29 is 27.6 Å². The molecule has 0 saturated carbocycles. The number of hydrogen-bond acceptors (Lipinski definition) is 5. The Morgan fingerprint density at radius 3 is 2.40 bits per heavy atom. The molecule has 0 spiro atoms. The molecule has 30 heavy (non-hydrogen) atoms. The van der Waals surface area contributed by atoms with Crippen LogP contribution in [0.1, 0.15) is 5.56 Å². The number of carbonyl (C=O) groups excluding carboxylic acids is 1. The van der Waals surface area contributed by atoms with Crippen molar-refractivity contribution in [2.75, 3.05) is 43.5 Å². The van der Waals surface area contributed by atoms with Crippen molar-refractivity contribution in [3.8, 4) is 5.75 Å². The molecule has 0 unspecified atom stereocenters. The molecule has 1 N–H and O–H groups in total. The molecule has 2 aromatic carbocycles. The molecular formula is C19H19F3N4O4. The molecule has 0 radical (unpaired) electrons. The molecule has 1 heterocycles. The minimum absolute atomic E-state index is 0.0952. The summed E-state index contributed by atoms with van der Waals surface area (Å²) in [7, 11) is 1.49. The Bertz CT molecular complexity index is 944. The number of nitro benzene ring substituents is 1. The first-order chi connectivity index (χ1) is 14.2. The van der Waals surface area contributed by atoms with Gasteiger partial charge in [0.15, 0.2) is 0 Å². The van der Waals surface area contributed by atoms with Crippen LogP contribution in [0.15, 0.2) is 42.5 Å². The highest BCUT2D eigenvalue weighted by Crippen LogP contribution is 2.36. The molecule has 2 amide bonds. The second-order valence-corrected chi connectivity index (χ2v) is 6.56. The monoisotopic (exact) mass is 424 g/mol. The molecule has 8 nitrogen and oxygen atoms in total. The van der Waals surface area contributed by atoms with E-state index in [1.165, 1.54) is 12.0 Å². The van der Waals surface area contributed by atoms with Crippen LogP contribution >= 0.6 is 0 Å². The van der Waals surface area contributed by atoms with Crippen LogP contribution in [-0.2, 0) is 6.18 Å². The molecule has 3 rings (SSSR count). The van der Waals surface area contributed by atoms with Crippen molar-refractivity contribution in [1.29, 1.82) is 0 Å². The second-order valence-electron chi connectivity index (χ2n) is 6.56. The molecule has 2 aromatic rings. The fourth-order valence-electron chi connectivity index (χ4n) is 3.21. The zero-order valence-electron chi connectivity index (χ0n) is 16.0. The summed E-state index contributed by atoms with van der Waals surface area (Å²) in [4.78, 5) is 26.1. The van der Waals surface area contributed by atoms with Crippen LogP contribution in [-0.4, -0.2) is 49.1 Å². The zero-order chi connectivity index (χ0) is 21.9. The molecule has 1 saturated heterocycles. The summed E-state index contributed by atoms with van der Waals surface area (Å²) in [5, 5.41) is 14.1. The number of ether oxygens (including phenoxy) is 1. The van der Waals surface area contributed by atoms with Crippen molar-refractivity contribution in [1.82, 2.24) is 4.90 Å². The number of nitro groups is 1. The maximum Gasteiger partial charge on any atom is 0.416 e. The number of nitrogens with zero attached hydrogens (tertiary/aromatic N) is 3. The number of benzene rings is 2. The van der Waals surface area contributed by atoms with E-state index in [2.05, 4.69) is 5.32 Å². The van der Waals surface area contributed by atoms with Crippen molar-refractivity contribution >= 4 is 23.1 Å². The third-order valence-corrected chi connectivity index (χ3v) is 4.76. The van der Waals surface area contributed by atoms with E-state index >= 15 is 0 Å². The van der Waals surface area contributed by atoms with Gasteiger partial charge in [0.05, 0.1) is 23.3 Å². The van der Waals surface area contributed by atoms with Gasteiger partial charge < -0.3 is 19.9 Å². The fourth-order valence-corrected chi connectivity index (χ4v) is 3.21. The van der Waals surface area contributed by atoms with Crippen LogP contribution < -0.4 is 15.0 Å². The van der Waals surface area contributed by atoms with Crippen molar-refractivity contribution in [2.24, 2.45) is 0 Å². The SMILES string of the molecule is COc1ccccc1NC(=O)N1CCN(c2ccc(C(F)(F)F)cc2[N+](=O)[O-])CC1. The molecule has 11 heteroatoms.